The number of aliphatic carboxylic acids is 2. The van der Waals surface area contributed by atoms with Gasteiger partial charge in [-0.25, -0.2) is 14.5 Å². The Morgan fingerprint density at radius 2 is 2.05 bits per heavy atom. The van der Waals surface area contributed by atoms with Gasteiger partial charge in [-0.2, -0.15) is 5.10 Å². The van der Waals surface area contributed by atoms with Gasteiger partial charge in [0.1, 0.15) is 24.7 Å². The molecule has 0 radical (unpaired) electrons. The molecular formula is C10H14N4O5. The van der Waals surface area contributed by atoms with Crippen LogP contribution in [0.3, 0.4) is 0 Å². The Morgan fingerprint density at radius 3 is 2.53 bits per heavy atom. The van der Waals surface area contributed by atoms with Gasteiger partial charge >= 0.3 is 11.9 Å². The summed E-state index contributed by atoms with van der Waals surface area (Å²) in [5, 5.41) is 23.5. The standard InChI is InChI=1S/C10H14N4O5/c1-6(14-5-11-4-12-14)9(17)13-7(10(18)19)2-3-8(15)16/h4-7H,2-3H2,1H3,(H,13,17)(H,15,16)(H,18,19)/t6?,7-/m0/s1. The molecule has 19 heavy (non-hydrogen) atoms. The second-order valence-electron chi connectivity index (χ2n) is 3.88. The van der Waals surface area contributed by atoms with Gasteiger partial charge in [-0.1, -0.05) is 0 Å². The number of nitrogens with one attached hydrogen (secondary N) is 1. The Kier molecular flexibility index (Phi) is 4.98. The van der Waals surface area contributed by atoms with Crippen molar-refractivity contribution in [3.8, 4) is 0 Å². The number of carbonyl (C=O) groups excluding carboxylic acids is 1. The fourth-order valence-electron chi connectivity index (χ4n) is 1.36. The molecule has 0 saturated carbocycles. The van der Waals surface area contributed by atoms with Gasteiger partial charge in [0, 0.05) is 6.42 Å². The van der Waals surface area contributed by atoms with E-state index < -0.39 is 29.9 Å². The van der Waals surface area contributed by atoms with Crippen molar-refractivity contribution in [1.29, 1.82) is 0 Å². The van der Waals surface area contributed by atoms with E-state index in [1.165, 1.54) is 24.3 Å². The van der Waals surface area contributed by atoms with Gasteiger partial charge in [0.05, 0.1) is 0 Å². The molecule has 0 aliphatic heterocycles. The quantitative estimate of drug-likeness (QED) is 0.594. The van der Waals surface area contributed by atoms with Gasteiger partial charge in [0.2, 0.25) is 5.91 Å². The molecule has 1 unspecified atom stereocenters. The molecule has 0 aliphatic carbocycles. The van der Waals surface area contributed by atoms with E-state index in [1.807, 2.05) is 0 Å². The molecule has 9 nitrogen and oxygen atoms in total. The van der Waals surface area contributed by atoms with Crippen molar-refractivity contribution in [2.24, 2.45) is 0 Å². The molecule has 0 aliphatic rings. The highest BCUT2D eigenvalue weighted by atomic mass is 16.4. The monoisotopic (exact) mass is 270 g/mol. The van der Waals surface area contributed by atoms with Gasteiger partial charge in [-0.3, -0.25) is 9.59 Å². The number of hydrogen-bond acceptors (Lipinski definition) is 5. The summed E-state index contributed by atoms with van der Waals surface area (Å²) in [5.41, 5.74) is 0. The number of hydrogen-bond donors (Lipinski definition) is 3. The first-order chi connectivity index (χ1) is 8.91. The maximum atomic E-state index is 11.8. The highest BCUT2D eigenvalue weighted by Gasteiger charge is 2.24. The summed E-state index contributed by atoms with van der Waals surface area (Å²) in [4.78, 5) is 36.8. The largest absolute Gasteiger partial charge is 0.481 e. The minimum absolute atomic E-state index is 0.180. The highest BCUT2D eigenvalue weighted by Crippen LogP contribution is 2.05. The SMILES string of the molecule is CC(C(=O)N[C@@H](CCC(=O)O)C(=O)O)n1cncn1. The third-order valence-electron chi connectivity index (χ3n) is 2.47. The molecule has 0 fully saturated rings. The average molecular weight is 270 g/mol. The average Bonchev–Trinajstić information content (AvgIpc) is 2.86. The number of carboxylic acid groups (broad SMARTS) is 2. The van der Waals surface area contributed by atoms with Crippen LogP contribution < -0.4 is 5.32 Å². The lowest BCUT2D eigenvalue weighted by Crippen LogP contribution is -2.43. The molecule has 104 valence electrons. The third-order valence-corrected chi connectivity index (χ3v) is 2.47. The minimum Gasteiger partial charge on any atom is -0.481 e. The number of carboxylic acids is 2. The Bertz CT molecular complexity index is 458. The van der Waals surface area contributed by atoms with Crippen LogP contribution in [-0.4, -0.2) is 48.9 Å². The Hall–Kier alpha value is -2.45. The van der Waals surface area contributed by atoms with Crippen molar-refractivity contribution < 1.29 is 24.6 Å². The van der Waals surface area contributed by atoms with Crippen molar-refractivity contribution in [3.63, 3.8) is 0 Å². The molecule has 2 atom stereocenters. The Balaban J connectivity index is 2.61. The van der Waals surface area contributed by atoms with Crippen molar-refractivity contribution in [3.05, 3.63) is 12.7 Å². The van der Waals surface area contributed by atoms with Crippen LogP contribution in [-0.2, 0) is 14.4 Å². The summed E-state index contributed by atoms with van der Waals surface area (Å²) in [6, 6.07) is -1.97. The van der Waals surface area contributed by atoms with E-state index in [-0.39, 0.29) is 12.8 Å². The molecular weight excluding hydrogens is 256 g/mol. The predicted octanol–water partition coefficient (Wildman–Crippen LogP) is -0.727. The molecule has 0 bridgehead atoms. The van der Waals surface area contributed by atoms with Crippen molar-refractivity contribution in [1.82, 2.24) is 20.1 Å². The Labute approximate surface area is 108 Å². The number of nitrogens with zero attached hydrogens (tertiary/aromatic N) is 3. The topological polar surface area (TPSA) is 134 Å². The molecule has 1 aromatic heterocycles. The molecule has 9 heteroatoms. The van der Waals surface area contributed by atoms with Gasteiger partial charge < -0.3 is 15.5 Å². The highest BCUT2D eigenvalue weighted by molar-refractivity contribution is 5.85. The van der Waals surface area contributed by atoms with Crippen LogP contribution in [0.1, 0.15) is 25.8 Å². The van der Waals surface area contributed by atoms with E-state index in [2.05, 4.69) is 15.4 Å². The van der Waals surface area contributed by atoms with Gasteiger partial charge in [-0.05, 0) is 13.3 Å². The number of amides is 1. The lowest BCUT2D eigenvalue weighted by molar-refractivity contribution is -0.143. The van der Waals surface area contributed by atoms with Gasteiger partial charge in [-0.15, -0.1) is 0 Å². The fraction of sp³-hybridized carbons (Fsp3) is 0.500. The number of carbonyl (C=O) groups is 3. The van der Waals surface area contributed by atoms with Gasteiger partial charge in [0.15, 0.2) is 0 Å². The molecule has 0 aromatic carbocycles. The molecule has 0 saturated heterocycles. The fourth-order valence-corrected chi connectivity index (χ4v) is 1.36. The van der Waals surface area contributed by atoms with Gasteiger partial charge in [0.25, 0.3) is 0 Å². The normalized spacial score (nSPS) is 13.5. The second-order valence-corrected chi connectivity index (χ2v) is 3.88. The summed E-state index contributed by atoms with van der Waals surface area (Å²) >= 11 is 0. The van der Waals surface area contributed by atoms with E-state index in [0.29, 0.717) is 0 Å². The summed E-state index contributed by atoms with van der Waals surface area (Å²) in [6.07, 6.45) is 2.07. The summed E-state index contributed by atoms with van der Waals surface area (Å²) in [6.45, 7) is 1.53. The van der Waals surface area contributed by atoms with E-state index in [4.69, 9.17) is 10.2 Å². The summed E-state index contributed by atoms with van der Waals surface area (Å²) in [5.74, 6) is -2.96. The zero-order valence-electron chi connectivity index (χ0n) is 10.2. The zero-order chi connectivity index (χ0) is 14.4. The first-order valence-corrected chi connectivity index (χ1v) is 5.51. The van der Waals surface area contributed by atoms with Crippen molar-refractivity contribution in [2.75, 3.05) is 0 Å². The van der Waals surface area contributed by atoms with Crippen LogP contribution in [0.2, 0.25) is 0 Å². The molecule has 1 heterocycles. The van der Waals surface area contributed by atoms with Crippen LogP contribution in [0.5, 0.6) is 0 Å². The van der Waals surface area contributed by atoms with E-state index in [9.17, 15) is 14.4 Å². The maximum absolute atomic E-state index is 11.8. The lowest BCUT2D eigenvalue weighted by Gasteiger charge is -2.17. The Morgan fingerprint density at radius 1 is 1.37 bits per heavy atom. The zero-order valence-corrected chi connectivity index (χ0v) is 10.2. The first-order valence-electron chi connectivity index (χ1n) is 5.51. The molecule has 1 amide bonds. The van der Waals surface area contributed by atoms with E-state index in [0.717, 1.165) is 0 Å². The van der Waals surface area contributed by atoms with Crippen LogP contribution in [0.4, 0.5) is 0 Å². The maximum Gasteiger partial charge on any atom is 0.326 e. The smallest absolute Gasteiger partial charge is 0.326 e. The molecule has 1 rings (SSSR count). The summed E-state index contributed by atoms with van der Waals surface area (Å²) in [7, 11) is 0. The van der Waals surface area contributed by atoms with E-state index >= 15 is 0 Å². The van der Waals surface area contributed by atoms with Crippen molar-refractivity contribution >= 4 is 17.8 Å². The second kappa shape index (κ2) is 6.47. The molecule has 1 aromatic rings. The van der Waals surface area contributed by atoms with Crippen LogP contribution in [0.25, 0.3) is 0 Å². The van der Waals surface area contributed by atoms with Crippen LogP contribution >= 0.6 is 0 Å². The number of rotatable bonds is 7. The van der Waals surface area contributed by atoms with Crippen LogP contribution in [0, 0.1) is 0 Å². The first kappa shape index (κ1) is 14.6. The summed E-state index contributed by atoms with van der Waals surface area (Å²) < 4.78 is 1.27. The predicted molar refractivity (Wildman–Crippen MR) is 61.2 cm³/mol. The minimum atomic E-state index is -1.28. The van der Waals surface area contributed by atoms with E-state index in [1.54, 1.807) is 0 Å². The molecule has 0 spiro atoms. The third kappa shape index (κ3) is 4.37. The lowest BCUT2D eigenvalue weighted by atomic mass is 10.1. The van der Waals surface area contributed by atoms with Crippen molar-refractivity contribution in [2.45, 2.75) is 31.8 Å². The number of aromatic nitrogens is 3. The van der Waals surface area contributed by atoms with Crippen LogP contribution in [0.15, 0.2) is 12.7 Å². The molecule has 3 N–H and O–H groups in total.